The Balaban J connectivity index is 1.48. The Bertz CT molecular complexity index is 1750. The van der Waals surface area contributed by atoms with Crippen molar-refractivity contribution in [2.45, 2.75) is 13.0 Å². The highest BCUT2D eigenvalue weighted by Crippen LogP contribution is 2.33. The Labute approximate surface area is 218 Å². The topological polar surface area (TPSA) is 96.6 Å². The van der Waals surface area contributed by atoms with Crippen molar-refractivity contribution >= 4 is 27.7 Å². The van der Waals surface area contributed by atoms with Crippen molar-refractivity contribution in [1.29, 1.82) is 0 Å². The number of aromatic nitrogens is 3. The highest BCUT2D eigenvalue weighted by atomic mass is 16.6. The van der Waals surface area contributed by atoms with Crippen molar-refractivity contribution in [1.82, 2.24) is 19.7 Å². The summed E-state index contributed by atoms with van der Waals surface area (Å²) in [7, 11) is 3.40. The number of fused-ring (bicyclic) bond motifs is 4. The number of rotatable bonds is 5. The Kier molecular flexibility index (Phi) is 5.75. The summed E-state index contributed by atoms with van der Waals surface area (Å²) in [6.07, 6.45) is 0. The summed E-state index contributed by atoms with van der Waals surface area (Å²) in [5, 5.41) is 8.96. The van der Waals surface area contributed by atoms with Crippen molar-refractivity contribution in [3.05, 3.63) is 88.3 Å². The number of nitrogens with one attached hydrogen (secondary N) is 1. The van der Waals surface area contributed by atoms with Gasteiger partial charge in [0.2, 0.25) is 0 Å². The molecule has 1 atom stereocenters. The predicted octanol–water partition coefficient (Wildman–Crippen LogP) is 4.15. The van der Waals surface area contributed by atoms with Crippen LogP contribution in [0, 0.1) is 0 Å². The third-order valence-corrected chi connectivity index (χ3v) is 6.88. The third kappa shape index (κ3) is 3.83. The number of para-hydroxylation sites is 1. The Hall–Kier alpha value is -4.79. The monoisotopic (exact) mass is 510 g/mol. The molecule has 9 nitrogen and oxygen atoms in total. The van der Waals surface area contributed by atoms with Crippen LogP contribution >= 0.6 is 0 Å². The quantitative estimate of drug-likeness (QED) is 0.382. The Morgan fingerprint density at radius 1 is 1.03 bits per heavy atom. The molecule has 0 aliphatic carbocycles. The molecule has 6 rings (SSSR count). The Morgan fingerprint density at radius 3 is 2.53 bits per heavy atom. The molecule has 0 spiro atoms. The van der Waals surface area contributed by atoms with Gasteiger partial charge in [-0.05, 0) is 55.0 Å². The van der Waals surface area contributed by atoms with Gasteiger partial charge in [0.15, 0.2) is 17.2 Å². The van der Waals surface area contributed by atoms with E-state index in [0.717, 1.165) is 16.5 Å². The average Bonchev–Trinajstić information content (AvgIpc) is 3.26. The minimum absolute atomic E-state index is 0.164. The molecular formula is C29H26N4O5. The molecule has 0 radical (unpaired) electrons. The van der Waals surface area contributed by atoms with E-state index >= 15 is 0 Å². The number of carbonyl (C=O) groups is 1. The molecule has 3 aromatic carbocycles. The third-order valence-electron chi connectivity index (χ3n) is 6.88. The second-order valence-corrected chi connectivity index (χ2v) is 9.16. The second kappa shape index (κ2) is 9.26. The van der Waals surface area contributed by atoms with E-state index in [0.29, 0.717) is 47.1 Å². The number of benzene rings is 3. The zero-order valence-electron chi connectivity index (χ0n) is 21.2. The van der Waals surface area contributed by atoms with Gasteiger partial charge in [0, 0.05) is 23.3 Å². The van der Waals surface area contributed by atoms with Gasteiger partial charge in [-0.25, -0.2) is 0 Å². The van der Waals surface area contributed by atoms with Gasteiger partial charge in [0.25, 0.3) is 11.5 Å². The molecule has 0 fully saturated rings. The van der Waals surface area contributed by atoms with E-state index in [1.807, 2.05) is 61.0 Å². The highest BCUT2D eigenvalue weighted by Gasteiger charge is 2.25. The van der Waals surface area contributed by atoms with Gasteiger partial charge < -0.3 is 24.1 Å². The van der Waals surface area contributed by atoms with Crippen LogP contribution in [0.3, 0.4) is 0 Å². The lowest BCUT2D eigenvalue weighted by atomic mass is 10.1. The molecule has 1 N–H and O–H groups in total. The Morgan fingerprint density at radius 2 is 1.76 bits per heavy atom. The summed E-state index contributed by atoms with van der Waals surface area (Å²) >= 11 is 0. The maximum absolute atomic E-state index is 13.8. The standard InChI is InChI=1S/C29H26N4O5/c1-17(18-8-13-23-24(16-18)38-15-14-37-23)30-28(34)26-25-21-6-4-5-7-22(21)32(2)27(25)29(35)33(31-26)19-9-11-20(36-3)12-10-19/h4-13,16-17H,14-15H2,1-3H3,(H,30,34)/t17-/m1/s1. The van der Waals surface area contributed by atoms with E-state index in [1.54, 1.807) is 31.4 Å². The van der Waals surface area contributed by atoms with Gasteiger partial charge in [-0.2, -0.15) is 9.78 Å². The molecule has 0 unspecified atom stereocenters. The lowest BCUT2D eigenvalue weighted by molar-refractivity contribution is 0.0935. The molecule has 0 saturated heterocycles. The van der Waals surface area contributed by atoms with Gasteiger partial charge >= 0.3 is 0 Å². The first-order valence-corrected chi connectivity index (χ1v) is 12.3. The second-order valence-electron chi connectivity index (χ2n) is 9.16. The molecule has 2 aromatic heterocycles. The molecule has 192 valence electrons. The highest BCUT2D eigenvalue weighted by molar-refractivity contribution is 6.16. The average molecular weight is 511 g/mol. The lowest BCUT2D eigenvalue weighted by Gasteiger charge is -2.21. The first-order valence-electron chi connectivity index (χ1n) is 12.3. The normalized spacial score (nSPS) is 13.4. The smallest absolute Gasteiger partial charge is 0.296 e. The lowest BCUT2D eigenvalue weighted by Crippen LogP contribution is -2.32. The summed E-state index contributed by atoms with van der Waals surface area (Å²) in [4.78, 5) is 27.5. The van der Waals surface area contributed by atoms with Gasteiger partial charge in [0.1, 0.15) is 24.5 Å². The molecule has 1 amide bonds. The van der Waals surface area contributed by atoms with Crippen molar-refractivity contribution in [2.24, 2.45) is 7.05 Å². The van der Waals surface area contributed by atoms with Crippen LogP contribution in [0.5, 0.6) is 17.2 Å². The fourth-order valence-electron chi connectivity index (χ4n) is 4.91. The molecule has 0 bridgehead atoms. The largest absolute Gasteiger partial charge is 0.497 e. The molecule has 5 aromatic rings. The summed E-state index contributed by atoms with van der Waals surface area (Å²) in [6, 6.07) is 19.8. The molecule has 38 heavy (non-hydrogen) atoms. The van der Waals surface area contributed by atoms with E-state index in [2.05, 4.69) is 10.4 Å². The summed E-state index contributed by atoms with van der Waals surface area (Å²) < 4.78 is 19.7. The number of hydrogen-bond donors (Lipinski definition) is 1. The SMILES string of the molecule is COc1ccc(-n2nc(C(=O)N[C@H](C)c3ccc4c(c3)OCCO4)c3c4ccccc4n(C)c3c2=O)cc1. The van der Waals surface area contributed by atoms with Crippen LogP contribution in [0.2, 0.25) is 0 Å². The molecule has 1 aliphatic rings. The first-order chi connectivity index (χ1) is 18.5. The van der Waals surface area contributed by atoms with Crippen LogP contribution in [0.1, 0.15) is 29.0 Å². The predicted molar refractivity (Wildman–Crippen MR) is 144 cm³/mol. The van der Waals surface area contributed by atoms with Gasteiger partial charge in [0.05, 0.1) is 18.8 Å². The zero-order chi connectivity index (χ0) is 26.4. The summed E-state index contributed by atoms with van der Waals surface area (Å²) in [6.45, 7) is 2.88. The van der Waals surface area contributed by atoms with Gasteiger partial charge in [-0.3, -0.25) is 9.59 Å². The van der Waals surface area contributed by atoms with Crippen molar-refractivity contribution in [3.8, 4) is 22.9 Å². The number of ether oxygens (including phenoxy) is 3. The van der Waals surface area contributed by atoms with Crippen molar-refractivity contribution < 1.29 is 19.0 Å². The number of methoxy groups -OCH3 is 1. The molecule has 0 saturated carbocycles. The minimum Gasteiger partial charge on any atom is -0.497 e. The minimum atomic E-state index is -0.393. The number of carbonyl (C=O) groups excluding carboxylic acids is 1. The number of aryl methyl sites for hydroxylation is 1. The zero-order valence-corrected chi connectivity index (χ0v) is 21.2. The van der Waals surface area contributed by atoms with E-state index in [1.165, 1.54) is 4.68 Å². The van der Waals surface area contributed by atoms with Crippen molar-refractivity contribution in [3.63, 3.8) is 0 Å². The van der Waals surface area contributed by atoms with Gasteiger partial charge in [-0.15, -0.1) is 0 Å². The van der Waals surface area contributed by atoms with E-state index in [4.69, 9.17) is 14.2 Å². The maximum atomic E-state index is 13.8. The summed E-state index contributed by atoms with van der Waals surface area (Å²) in [5.41, 5.74) is 2.46. The fraction of sp³-hybridized carbons (Fsp3) is 0.207. The number of hydrogen-bond acceptors (Lipinski definition) is 6. The fourth-order valence-corrected chi connectivity index (χ4v) is 4.91. The van der Waals surface area contributed by atoms with E-state index in [-0.39, 0.29) is 17.3 Å². The molecule has 1 aliphatic heterocycles. The van der Waals surface area contributed by atoms with Crippen LogP contribution < -0.4 is 25.1 Å². The van der Waals surface area contributed by atoms with Crippen LogP contribution in [-0.2, 0) is 7.05 Å². The van der Waals surface area contributed by atoms with E-state index < -0.39 is 5.91 Å². The van der Waals surface area contributed by atoms with Crippen LogP contribution in [0.25, 0.3) is 27.5 Å². The number of amides is 1. The number of nitrogens with zero attached hydrogens (tertiary/aromatic N) is 3. The van der Waals surface area contributed by atoms with Crippen molar-refractivity contribution in [2.75, 3.05) is 20.3 Å². The molecular weight excluding hydrogens is 484 g/mol. The van der Waals surface area contributed by atoms with E-state index in [9.17, 15) is 9.59 Å². The van der Waals surface area contributed by atoms with Crippen LogP contribution in [0.4, 0.5) is 0 Å². The summed E-state index contributed by atoms with van der Waals surface area (Å²) in [5.74, 6) is 1.59. The maximum Gasteiger partial charge on any atom is 0.296 e. The van der Waals surface area contributed by atoms with Gasteiger partial charge in [-0.1, -0.05) is 24.3 Å². The van der Waals surface area contributed by atoms with Crippen LogP contribution in [0.15, 0.2) is 71.5 Å². The molecule has 9 heteroatoms. The van der Waals surface area contributed by atoms with Crippen LogP contribution in [-0.4, -0.2) is 40.6 Å². The first kappa shape index (κ1) is 23.6. The molecule has 3 heterocycles.